The van der Waals surface area contributed by atoms with E-state index in [1.165, 1.54) is 11.8 Å². The predicted molar refractivity (Wildman–Crippen MR) is 85.7 cm³/mol. The highest BCUT2D eigenvalue weighted by Crippen LogP contribution is 2.29. The van der Waals surface area contributed by atoms with Gasteiger partial charge in [-0.3, -0.25) is 10.1 Å². The summed E-state index contributed by atoms with van der Waals surface area (Å²) in [6.45, 7) is 1.76. The number of nitrogens with one attached hydrogen (secondary N) is 2. The number of thioether (sulfide) groups is 1. The van der Waals surface area contributed by atoms with Crippen molar-refractivity contribution < 1.29 is 9.59 Å². The van der Waals surface area contributed by atoms with Crippen LogP contribution in [-0.2, 0) is 4.79 Å². The standard InChI is InChI=1S/C15H19ClN2O2S/c1-10(21-13-9-5-4-8-12(13)16)14(19)18-15(20)17-11-6-2-3-7-11/h4-5,8-11H,2-3,6-7H2,1H3,(H2,17,18,19,20)/t10-/m1/s1. The van der Waals surface area contributed by atoms with Gasteiger partial charge in [0, 0.05) is 10.9 Å². The van der Waals surface area contributed by atoms with E-state index in [2.05, 4.69) is 10.6 Å². The van der Waals surface area contributed by atoms with Gasteiger partial charge in [-0.15, -0.1) is 11.8 Å². The van der Waals surface area contributed by atoms with E-state index in [4.69, 9.17) is 11.6 Å². The fourth-order valence-corrected chi connectivity index (χ4v) is 3.44. The minimum absolute atomic E-state index is 0.198. The average molecular weight is 327 g/mol. The predicted octanol–water partition coefficient (Wildman–Crippen LogP) is 3.59. The smallest absolute Gasteiger partial charge is 0.321 e. The van der Waals surface area contributed by atoms with Crippen LogP contribution in [0.25, 0.3) is 0 Å². The van der Waals surface area contributed by atoms with Crippen molar-refractivity contribution in [1.82, 2.24) is 10.6 Å². The first-order chi connectivity index (χ1) is 10.1. The Morgan fingerprint density at radius 2 is 1.95 bits per heavy atom. The van der Waals surface area contributed by atoms with Crippen LogP contribution in [0.3, 0.4) is 0 Å². The Bertz CT molecular complexity index is 518. The van der Waals surface area contributed by atoms with Gasteiger partial charge in [-0.25, -0.2) is 4.79 Å². The van der Waals surface area contributed by atoms with Crippen molar-refractivity contribution in [2.45, 2.75) is 48.8 Å². The van der Waals surface area contributed by atoms with Gasteiger partial charge in [-0.2, -0.15) is 0 Å². The van der Waals surface area contributed by atoms with Crippen LogP contribution in [0.4, 0.5) is 4.79 Å². The van der Waals surface area contributed by atoms with Crippen LogP contribution in [0.15, 0.2) is 29.2 Å². The van der Waals surface area contributed by atoms with Gasteiger partial charge in [0.2, 0.25) is 5.91 Å². The largest absolute Gasteiger partial charge is 0.335 e. The fourth-order valence-electron chi connectivity index (χ4n) is 2.29. The second kappa shape index (κ2) is 7.71. The number of hydrogen-bond acceptors (Lipinski definition) is 3. The van der Waals surface area contributed by atoms with Crippen LogP contribution in [0, 0.1) is 0 Å². The van der Waals surface area contributed by atoms with E-state index >= 15 is 0 Å². The first-order valence-corrected chi connectivity index (χ1v) is 8.34. The van der Waals surface area contributed by atoms with Gasteiger partial charge in [-0.1, -0.05) is 36.6 Å². The third kappa shape index (κ3) is 4.93. The summed E-state index contributed by atoms with van der Waals surface area (Å²) in [5.41, 5.74) is 0. The molecule has 1 atom stereocenters. The van der Waals surface area contributed by atoms with Crippen LogP contribution in [0.2, 0.25) is 5.02 Å². The molecule has 1 aromatic rings. The summed E-state index contributed by atoms with van der Waals surface area (Å²) in [4.78, 5) is 24.6. The molecular weight excluding hydrogens is 308 g/mol. The van der Waals surface area contributed by atoms with Crippen molar-refractivity contribution in [3.63, 3.8) is 0 Å². The summed E-state index contributed by atoms with van der Waals surface area (Å²) in [5.74, 6) is -0.310. The first-order valence-electron chi connectivity index (χ1n) is 7.09. The molecule has 0 aliphatic heterocycles. The van der Waals surface area contributed by atoms with Crippen LogP contribution in [0.5, 0.6) is 0 Å². The number of carbonyl (C=O) groups is 2. The summed E-state index contributed by atoms with van der Waals surface area (Å²) in [6, 6.07) is 7.14. The van der Waals surface area contributed by atoms with Crippen molar-refractivity contribution in [3.05, 3.63) is 29.3 Å². The van der Waals surface area contributed by atoms with E-state index in [0.717, 1.165) is 30.6 Å². The summed E-state index contributed by atoms with van der Waals surface area (Å²) in [6.07, 6.45) is 4.26. The van der Waals surface area contributed by atoms with Gasteiger partial charge in [0.25, 0.3) is 0 Å². The lowest BCUT2D eigenvalue weighted by Crippen LogP contribution is -2.45. The molecule has 3 amide bonds. The highest BCUT2D eigenvalue weighted by Gasteiger charge is 2.21. The lowest BCUT2D eigenvalue weighted by molar-refractivity contribution is -0.119. The van der Waals surface area contributed by atoms with Crippen LogP contribution >= 0.6 is 23.4 Å². The van der Waals surface area contributed by atoms with Gasteiger partial charge in [-0.05, 0) is 31.9 Å². The van der Waals surface area contributed by atoms with Crippen molar-refractivity contribution >= 4 is 35.3 Å². The quantitative estimate of drug-likeness (QED) is 0.831. The molecule has 1 aliphatic carbocycles. The summed E-state index contributed by atoms with van der Waals surface area (Å²) in [7, 11) is 0. The van der Waals surface area contributed by atoms with Crippen LogP contribution in [-0.4, -0.2) is 23.2 Å². The van der Waals surface area contributed by atoms with Crippen molar-refractivity contribution in [3.8, 4) is 0 Å². The normalized spacial score (nSPS) is 16.5. The van der Waals surface area contributed by atoms with E-state index in [1.54, 1.807) is 13.0 Å². The number of imide groups is 1. The molecule has 0 bridgehead atoms. The van der Waals surface area contributed by atoms with E-state index in [-0.39, 0.29) is 17.2 Å². The lowest BCUT2D eigenvalue weighted by Gasteiger charge is -2.15. The molecule has 0 unspecified atom stereocenters. The molecule has 1 fully saturated rings. The molecule has 21 heavy (non-hydrogen) atoms. The molecule has 0 heterocycles. The fraction of sp³-hybridized carbons (Fsp3) is 0.467. The molecule has 0 saturated heterocycles. The molecule has 2 N–H and O–H groups in total. The summed E-state index contributed by atoms with van der Waals surface area (Å²) < 4.78 is 0. The maximum Gasteiger partial charge on any atom is 0.321 e. The molecule has 4 nitrogen and oxygen atoms in total. The SMILES string of the molecule is C[C@@H](Sc1ccccc1Cl)C(=O)NC(=O)NC1CCCC1. The Morgan fingerprint density at radius 3 is 2.62 bits per heavy atom. The molecule has 0 aromatic heterocycles. The third-order valence-corrected chi connectivity index (χ3v) is 5.06. The van der Waals surface area contributed by atoms with E-state index < -0.39 is 6.03 Å². The number of amides is 3. The number of benzene rings is 1. The topological polar surface area (TPSA) is 58.2 Å². The molecule has 114 valence electrons. The van der Waals surface area contributed by atoms with Gasteiger partial charge >= 0.3 is 6.03 Å². The second-order valence-electron chi connectivity index (χ2n) is 5.13. The minimum Gasteiger partial charge on any atom is -0.335 e. The maximum atomic E-state index is 12.0. The minimum atomic E-state index is -0.404. The number of hydrogen-bond donors (Lipinski definition) is 2. The zero-order valence-corrected chi connectivity index (χ0v) is 13.5. The Hall–Kier alpha value is -1.20. The van der Waals surface area contributed by atoms with E-state index in [9.17, 15) is 9.59 Å². The monoisotopic (exact) mass is 326 g/mol. The highest BCUT2D eigenvalue weighted by molar-refractivity contribution is 8.00. The molecule has 6 heteroatoms. The van der Waals surface area contributed by atoms with Crippen molar-refractivity contribution in [2.75, 3.05) is 0 Å². The second-order valence-corrected chi connectivity index (χ2v) is 6.92. The molecule has 0 radical (unpaired) electrons. The summed E-state index contributed by atoms with van der Waals surface area (Å²) in [5, 5.41) is 5.45. The Morgan fingerprint density at radius 1 is 1.29 bits per heavy atom. The molecular formula is C15H19ClN2O2S. The number of halogens is 1. The number of urea groups is 1. The van der Waals surface area contributed by atoms with Crippen molar-refractivity contribution in [1.29, 1.82) is 0 Å². The van der Waals surface area contributed by atoms with Crippen LogP contribution < -0.4 is 10.6 Å². The Labute approximate surface area is 134 Å². The maximum absolute atomic E-state index is 12.0. The molecule has 0 spiro atoms. The van der Waals surface area contributed by atoms with Crippen molar-refractivity contribution in [2.24, 2.45) is 0 Å². The van der Waals surface area contributed by atoms with E-state index in [1.807, 2.05) is 18.2 Å². The summed E-state index contributed by atoms with van der Waals surface area (Å²) >= 11 is 7.40. The zero-order chi connectivity index (χ0) is 15.2. The zero-order valence-electron chi connectivity index (χ0n) is 11.9. The van der Waals surface area contributed by atoms with Gasteiger partial charge in [0.05, 0.1) is 10.3 Å². The van der Waals surface area contributed by atoms with Crippen LogP contribution in [0.1, 0.15) is 32.6 Å². The number of rotatable bonds is 4. The van der Waals surface area contributed by atoms with E-state index in [0.29, 0.717) is 5.02 Å². The molecule has 1 aliphatic rings. The van der Waals surface area contributed by atoms with Gasteiger partial charge in [0.1, 0.15) is 0 Å². The molecule has 1 saturated carbocycles. The Kier molecular flexibility index (Phi) is 5.94. The highest BCUT2D eigenvalue weighted by atomic mass is 35.5. The molecule has 1 aromatic carbocycles. The third-order valence-electron chi connectivity index (χ3n) is 3.44. The lowest BCUT2D eigenvalue weighted by atomic mass is 10.2. The number of carbonyl (C=O) groups excluding carboxylic acids is 2. The average Bonchev–Trinajstić information content (AvgIpc) is 2.93. The van der Waals surface area contributed by atoms with Gasteiger partial charge < -0.3 is 5.32 Å². The van der Waals surface area contributed by atoms with Gasteiger partial charge in [0.15, 0.2) is 0 Å². The molecule has 2 rings (SSSR count). The Balaban J connectivity index is 1.81. The first kappa shape index (κ1) is 16.2.